The Morgan fingerprint density at radius 1 is 1.38 bits per heavy atom. The lowest BCUT2D eigenvalue weighted by molar-refractivity contribution is 0.363. The van der Waals surface area contributed by atoms with E-state index in [1.54, 1.807) is 4.68 Å². The van der Waals surface area contributed by atoms with Gasteiger partial charge in [-0.3, -0.25) is 0 Å². The van der Waals surface area contributed by atoms with E-state index >= 15 is 0 Å². The quantitative estimate of drug-likeness (QED) is 0.776. The summed E-state index contributed by atoms with van der Waals surface area (Å²) < 4.78 is 7.90. The summed E-state index contributed by atoms with van der Waals surface area (Å²) in [6.45, 7) is 2.35. The molecule has 0 radical (unpaired) electrons. The first-order valence-corrected chi connectivity index (χ1v) is 7.23. The molecule has 3 aromatic rings. The fourth-order valence-electron chi connectivity index (χ4n) is 2.03. The Labute approximate surface area is 129 Å². The van der Waals surface area contributed by atoms with Gasteiger partial charge in [0.2, 0.25) is 11.7 Å². The summed E-state index contributed by atoms with van der Waals surface area (Å²) in [5.74, 6) is 1.44. The van der Waals surface area contributed by atoms with E-state index < -0.39 is 0 Å². The van der Waals surface area contributed by atoms with Gasteiger partial charge in [-0.15, -0.1) is 5.10 Å². The Bertz CT molecular complexity index is 766. The highest BCUT2D eigenvalue weighted by molar-refractivity contribution is 9.10. The van der Waals surface area contributed by atoms with E-state index in [-0.39, 0.29) is 0 Å². The third-order valence-corrected chi connectivity index (χ3v) is 3.53. The molecular weight excluding hydrogens is 336 g/mol. The van der Waals surface area contributed by atoms with Crippen LogP contribution in [0.25, 0.3) is 11.4 Å². The Hall–Kier alpha value is -2.22. The number of hydrogen-bond donors (Lipinski definition) is 1. The van der Waals surface area contributed by atoms with E-state index in [4.69, 9.17) is 10.3 Å². The van der Waals surface area contributed by atoms with E-state index in [0.717, 1.165) is 22.2 Å². The van der Waals surface area contributed by atoms with Gasteiger partial charge in [-0.2, -0.15) is 4.98 Å². The number of aromatic nitrogens is 5. The number of nitrogens with zero attached hydrogens (tertiary/aromatic N) is 5. The number of anilines is 1. The molecule has 3 rings (SSSR count). The maximum Gasteiger partial charge on any atom is 0.248 e. The van der Waals surface area contributed by atoms with Crippen molar-refractivity contribution in [1.29, 1.82) is 0 Å². The molecule has 0 fully saturated rings. The van der Waals surface area contributed by atoms with Crippen LogP contribution in [0.1, 0.15) is 18.5 Å². The van der Waals surface area contributed by atoms with Gasteiger partial charge in [0.25, 0.3) is 0 Å². The van der Waals surface area contributed by atoms with Crippen LogP contribution in [-0.2, 0) is 13.0 Å². The Kier molecular flexibility index (Phi) is 3.70. The number of hydrogen-bond acceptors (Lipinski definition) is 6. The van der Waals surface area contributed by atoms with E-state index in [2.05, 4.69) is 36.4 Å². The lowest BCUT2D eigenvalue weighted by atomic mass is 10.2. The highest BCUT2D eigenvalue weighted by atomic mass is 79.9. The average Bonchev–Trinajstić information content (AvgIpc) is 3.07. The molecule has 0 unspecified atom stereocenters. The molecule has 2 aromatic heterocycles. The zero-order valence-electron chi connectivity index (χ0n) is 11.3. The van der Waals surface area contributed by atoms with Gasteiger partial charge < -0.3 is 10.3 Å². The lowest BCUT2D eigenvalue weighted by Gasteiger charge is -2.00. The van der Waals surface area contributed by atoms with Crippen molar-refractivity contribution < 1.29 is 4.52 Å². The summed E-state index contributed by atoms with van der Waals surface area (Å²) in [6.07, 6.45) is 0.742. The second kappa shape index (κ2) is 5.65. The molecule has 0 amide bonds. The highest BCUT2D eigenvalue weighted by Gasteiger charge is 2.13. The van der Waals surface area contributed by atoms with Crippen LogP contribution in [0.2, 0.25) is 0 Å². The van der Waals surface area contributed by atoms with E-state index in [0.29, 0.717) is 24.1 Å². The van der Waals surface area contributed by atoms with Crippen molar-refractivity contribution >= 4 is 21.7 Å². The van der Waals surface area contributed by atoms with Crippen LogP contribution in [0.5, 0.6) is 0 Å². The van der Waals surface area contributed by atoms with Crippen LogP contribution in [0, 0.1) is 0 Å². The van der Waals surface area contributed by atoms with Crippen LogP contribution < -0.4 is 5.73 Å². The molecule has 0 aliphatic heterocycles. The molecule has 0 aliphatic rings. The summed E-state index contributed by atoms with van der Waals surface area (Å²) in [5, 5.41) is 11.8. The number of halogens is 1. The van der Waals surface area contributed by atoms with E-state index in [1.165, 1.54) is 0 Å². The fraction of sp³-hybridized carbons (Fsp3) is 0.231. The van der Waals surface area contributed by atoms with Crippen LogP contribution in [0.4, 0.5) is 5.82 Å². The van der Waals surface area contributed by atoms with Crippen LogP contribution in [-0.4, -0.2) is 25.1 Å². The predicted octanol–water partition coefficient (Wildman–Crippen LogP) is 2.28. The van der Waals surface area contributed by atoms with Crippen molar-refractivity contribution in [3.8, 4) is 11.4 Å². The topological polar surface area (TPSA) is 95.7 Å². The van der Waals surface area contributed by atoms with Gasteiger partial charge in [0.1, 0.15) is 6.54 Å². The van der Waals surface area contributed by atoms with Crippen molar-refractivity contribution in [3.63, 3.8) is 0 Å². The third-order valence-electron chi connectivity index (χ3n) is 3.04. The monoisotopic (exact) mass is 348 g/mol. The van der Waals surface area contributed by atoms with Crippen molar-refractivity contribution in [2.75, 3.05) is 5.73 Å². The van der Waals surface area contributed by atoms with Gasteiger partial charge in [-0.1, -0.05) is 45.4 Å². The van der Waals surface area contributed by atoms with Crippen molar-refractivity contribution in [2.24, 2.45) is 0 Å². The molecule has 21 heavy (non-hydrogen) atoms. The van der Waals surface area contributed by atoms with Gasteiger partial charge >= 0.3 is 0 Å². The smallest absolute Gasteiger partial charge is 0.248 e. The fourth-order valence-corrected chi connectivity index (χ4v) is 2.43. The second-order valence-corrected chi connectivity index (χ2v) is 5.37. The molecule has 0 bridgehead atoms. The van der Waals surface area contributed by atoms with Gasteiger partial charge in [0.15, 0.2) is 5.82 Å². The van der Waals surface area contributed by atoms with Crippen LogP contribution >= 0.6 is 15.9 Å². The van der Waals surface area contributed by atoms with E-state index in [1.807, 2.05) is 31.2 Å². The lowest BCUT2D eigenvalue weighted by Crippen LogP contribution is -2.07. The summed E-state index contributed by atoms with van der Waals surface area (Å²) in [4.78, 5) is 4.37. The molecule has 0 saturated heterocycles. The molecule has 2 heterocycles. The molecule has 108 valence electrons. The number of nitrogens with two attached hydrogens (primary N) is 1. The van der Waals surface area contributed by atoms with Crippen molar-refractivity contribution in [3.05, 3.63) is 40.3 Å². The predicted molar refractivity (Wildman–Crippen MR) is 80.3 cm³/mol. The third kappa shape index (κ3) is 2.80. The minimum absolute atomic E-state index is 0.356. The molecule has 7 nitrogen and oxygen atoms in total. The molecule has 8 heteroatoms. The van der Waals surface area contributed by atoms with Crippen LogP contribution in [0.3, 0.4) is 0 Å². The zero-order chi connectivity index (χ0) is 14.8. The number of nitrogen functional groups attached to an aromatic ring is 1. The minimum Gasteiger partial charge on any atom is -0.381 e. The van der Waals surface area contributed by atoms with Crippen LogP contribution in [0.15, 0.2) is 33.3 Å². The van der Waals surface area contributed by atoms with E-state index in [9.17, 15) is 0 Å². The summed E-state index contributed by atoms with van der Waals surface area (Å²) in [7, 11) is 0. The van der Waals surface area contributed by atoms with Crippen molar-refractivity contribution in [1.82, 2.24) is 25.1 Å². The molecule has 2 N–H and O–H groups in total. The molecule has 0 spiro atoms. The number of rotatable bonds is 4. The van der Waals surface area contributed by atoms with Gasteiger partial charge in [0, 0.05) is 10.0 Å². The van der Waals surface area contributed by atoms with Crippen molar-refractivity contribution in [2.45, 2.75) is 19.9 Å². The Balaban J connectivity index is 1.85. The maximum absolute atomic E-state index is 5.75. The first kappa shape index (κ1) is 13.7. The second-order valence-electron chi connectivity index (χ2n) is 4.45. The first-order chi connectivity index (χ1) is 10.2. The molecule has 1 aromatic carbocycles. The van der Waals surface area contributed by atoms with Gasteiger partial charge in [0.05, 0.1) is 5.69 Å². The zero-order valence-corrected chi connectivity index (χ0v) is 12.9. The summed E-state index contributed by atoms with van der Waals surface area (Å²) in [5.41, 5.74) is 7.49. The van der Waals surface area contributed by atoms with Gasteiger partial charge in [-0.25, -0.2) is 4.68 Å². The van der Waals surface area contributed by atoms with Gasteiger partial charge in [-0.05, 0) is 18.6 Å². The summed E-state index contributed by atoms with van der Waals surface area (Å²) in [6, 6.07) is 7.71. The largest absolute Gasteiger partial charge is 0.381 e. The average molecular weight is 349 g/mol. The first-order valence-electron chi connectivity index (χ1n) is 6.43. The Morgan fingerprint density at radius 3 is 3.00 bits per heavy atom. The number of benzene rings is 1. The Morgan fingerprint density at radius 2 is 2.24 bits per heavy atom. The SMILES string of the molecule is CCc1c(N)nnn1Cc1nc(-c2cccc(Br)c2)no1. The molecule has 0 aliphatic carbocycles. The normalized spacial score (nSPS) is 11.0. The minimum atomic E-state index is 0.356. The standard InChI is InChI=1S/C13H13BrN6O/c1-2-10-12(15)17-19-20(10)7-11-16-13(18-21-11)8-4-3-5-9(14)6-8/h3-6H,2,7,15H2,1H3. The highest BCUT2D eigenvalue weighted by Crippen LogP contribution is 2.20. The maximum atomic E-state index is 5.75. The summed E-state index contributed by atoms with van der Waals surface area (Å²) >= 11 is 3.42. The molecule has 0 atom stereocenters. The molecule has 0 saturated carbocycles. The molecular formula is C13H13BrN6O.